The van der Waals surface area contributed by atoms with Crippen LogP contribution >= 0.6 is 0 Å². The number of ether oxygens (including phenoxy) is 2. The molecule has 1 heterocycles. The van der Waals surface area contributed by atoms with E-state index in [0.717, 1.165) is 36.3 Å². The first kappa shape index (κ1) is 34.6. The number of carboxylic acids is 1. The molecule has 0 bridgehead atoms. The fraction of sp³-hybridized carbons (Fsp3) is 0.290. The normalized spacial score (nSPS) is 16.7. The SMILES string of the molecule is CCS(=O)(=O)c1ccc(NC(=O)OC)cc1[C@H]1[C@H](C(=O)O)CCN1C(=O)[C@@H](Nc1cc(C(N)=O)ccc1F)c1ccc(F)c(OC)c1. The molecule has 16 heteroatoms. The van der Waals surface area contributed by atoms with Gasteiger partial charge in [-0.05, 0) is 66.1 Å². The Kier molecular flexibility index (Phi) is 10.3. The summed E-state index contributed by atoms with van der Waals surface area (Å²) in [4.78, 5) is 51.8. The number of nitrogens with zero attached hydrogens (tertiary/aromatic N) is 1. The van der Waals surface area contributed by atoms with Gasteiger partial charge in [0, 0.05) is 17.8 Å². The fourth-order valence-corrected chi connectivity index (χ4v) is 6.53. The number of hydrogen-bond acceptors (Lipinski definition) is 9. The van der Waals surface area contributed by atoms with Crippen molar-refractivity contribution in [3.63, 3.8) is 0 Å². The fourth-order valence-electron chi connectivity index (χ4n) is 5.40. The monoisotopic (exact) mass is 674 g/mol. The predicted octanol–water partition coefficient (Wildman–Crippen LogP) is 3.87. The van der Waals surface area contributed by atoms with Crippen molar-refractivity contribution in [3.05, 3.63) is 82.9 Å². The highest BCUT2D eigenvalue weighted by Crippen LogP contribution is 2.43. The largest absolute Gasteiger partial charge is 0.494 e. The summed E-state index contributed by atoms with van der Waals surface area (Å²) in [5, 5.41) is 15.4. The van der Waals surface area contributed by atoms with Crippen LogP contribution in [0.5, 0.6) is 5.75 Å². The predicted molar refractivity (Wildman–Crippen MR) is 165 cm³/mol. The second-order valence-electron chi connectivity index (χ2n) is 10.5. The zero-order valence-electron chi connectivity index (χ0n) is 25.5. The molecule has 1 aliphatic rings. The van der Waals surface area contributed by atoms with Crippen LogP contribution in [0.1, 0.15) is 46.9 Å². The highest BCUT2D eigenvalue weighted by atomic mass is 32.2. The van der Waals surface area contributed by atoms with Crippen LogP contribution in [0.2, 0.25) is 0 Å². The number of methoxy groups -OCH3 is 2. The smallest absolute Gasteiger partial charge is 0.411 e. The number of sulfone groups is 1. The van der Waals surface area contributed by atoms with Gasteiger partial charge in [0.15, 0.2) is 21.4 Å². The molecule has 0 saturated carbocycles. The summed E-state index contributed by atoms with van der Waals surface area (Å²) in [6.45, 7) is 1.21. The summed E-state index contributed by atoms with van der Waals surface area (Å²) in [5.41, 5.74) is 4.99. The minimum absolute atomic E-state index is 0.0635. The van der Waals surface area contributed by atoms with E-state index < -0.39 is 63.4 Å². The minimum Gasteiger partial charge on any atom is -0.494 e. The molecule has 0 aromatic heterocycles. The van der Waals surface area contributed by atoms with Crippen LogP contribution in [0.3, 0.4) is 0 Å². The van der Waals surface area contributed by atoms with E-state index in [2.05, 4.69) is 15.4 Å². The van der Waals surface area contributed by atoms with Crippen LogP contribution in [0.15, 0.2) is 59.5 Å². The molecule has 1 fully saturated rings. The number of rotatable bonds is 11. The third kappa shape index (κ3) is 7.27. The van der Waals surface area contributed by atoms with Crippen LogP contribution in [0.25, 0.3) is 0 Å². The molecule has 1 saturated heterocycles. The average Bonchev–Trinajstić information content (AvgIpc) is 3.50. The van der Waals surface area contributed by atoms with Gasteiger partial charge in [0.25, 0.3) is 0 Å². The number of nitrogens with one attached hydrogen (secondary N) is 2. The van der Waals surface area contributed by atoms with Crippen molar-refractivity contribution in [1.29, 1.82) is 0 Å². The lowest BCUT2D eigenvalue weighted by Gasteiger charge is -2.33. The van der Waals surface area contributed by atoms with Gasteiger partial charge < -0.3 is 30.5 Å². The molecule has 0 unspecified atom stereocenters. The molecule has 0 radical (unpaired) electrons. The molecule has 3 amide bonds. The van der Waals surface area contributed by atoms with Gasteiger partial charge in [0.1, 0.15) is 11.9 Å². The van der Waals surface area contributed by atoms with Crippen molar-refractivity contribution in [2.45, 2.75) is 30.3 Å². The number of anilines is 2. The molecule has 1 aliphatic heterocycles. The first-order chi connectivity index (χ1) is 22.2. The maximum atomic E-state index is 15.1. The van der Waals surface area contributed by atoms with E-state index in [-0.39, 0.29) is 57.4 Å². The number of carboxylic acid groups (broad SMARTS) is 1. The molecule has 5 N–H and O–H groups in total. The first-order valence-corrected chi connectivity index (χ1v) is 15.8. The number of nitrogens with two attached hydrogens (primary N) is 1. The van der Waals surface area contributed by atoms with Gasteiger partial charge in [-0.25, -0.2) is 22.0 Å². The van der Waals surface area contributed by atoms with E-state index in [1.807, 2.05) is 0 Å². The van der Waals surface area contributed by atoms with Gasteiger partial charge in [-0.3, -0.25) is 19.7 Å². The standard InChI is InChI=1S/C31H32F2N4O9S/c1-4-47(43,44)25-10-7-18(35-31(42)46-3)15-20(25)27-19(30(40)41)11-12-37(27)29(39)26(16-5-9-22(33)24(14-16)45-2)36-23-13-17(28(34)38)6-8-21(23)32/h5-10,13-15,19,26-27,36H,4,11-12H2,1-3H3,(H2,34,38)(H,35,42)(H,40,41)/t19-,26+,27-/m1/s1. The molecule has 13 nitrogen and oxygen atoms in total. The summed E-state index contributed by atoms with van der Waals surface area (Å²) in [7, 11) is -1.70. The molecular weight excluding hydrogens is 642 g/mol. The summed E-state index contributed by atoms with van der Waals surface area (Å²) in [6, 6.07) is 7.42. The number of carbonyl (C=O) groups is 4. The maximum absolute atomic E-state index is 15.1. The van der Waals surface area contributed by atoms with Crippen LogP contribution in [0, 0.1) is 17.6 Å². The maximum Gasteiger partial charge on any atom is 0.411 e. The van der Waals surface area contributed by atoms with E-state index in [0.29, 0.717) is 0 Å². The molecular formula is C31H32F2N4O9S. The number of halogens is 2. The van der Waals surface area contributed by atoms with Crippen molar-refractivity contribution >= 4 is 45.1 Å². The molecule has 250 valence electrons. The first-order valence-electron chi connectivity index (χ1n) is 14.2. The van der Waals surface area contributed by atoms with Gasteiger partial charge in [0.2, 0.25) is 11.8 Å². The highest BCUT2D eigenvalue weighted by molar-refractivity contribution is 7.91. The van der Waals surface area contributed by atoms with E-state index in [1.165, 1.54) is 44.4 Å². The molecule has 3 atom stereocenters. The number of amides is 3. The van der Waals surface area contributed by atoms with Crippen LogP contribution < -0.4 is 21.1 Å². The lowest BCUT2D eigenvalue weighted by molar-refractivity contribution is -0.143. The van der Waals surface area contributed by atoms with E-state index >= 15 is 4.39 Å². The highest BCUT2D eigenvalue weighted by Gasteiger charge is 2.46. The molecule has 3 aromatic carbocycles. The molecule has 0 aliphatic carbocycles. The average molecular weight is 675 g/mol. The molecule has 4 rings (SSSR count). The van der Waals surface area contributed by atoms with Crippen molar-refractivity contribution in [2.24, 2.45) is 11.7 Å². The van der Waals surface area contributed by atoms with E-state index in [1.54, 1.807) is 0 Å². The Morgan fingerprint density at radius 1 is 1.04 bits per heavy atom. The van der Waals surface area contributed by atoms with Crippen LogP contribution in [-0.2, 0) is 24.2 Å². The lowest BCUT2D eigenvalue weighted by Crippen LogP contribution is -2.40. The second kappa shape index (κ2) is 14.0. The third-order valence-corrected chi connectivity index (χ3v) is 9.58. The number of aliphatic carboxylic acids is 1. The number of primary amides is 1. The van der Waals surface area contributed by atoms with Gasteiger partial charge >= 0.3 is 12.1 Å². The topological polar surface area (TPSA) is 194 Å². The van der Waals surface area contributed by atoms with Gasteiger partial charge in [-0.1, -0.05) is 13.0 Å². The quantitative estimate of drug-likeness (QED) is 0.232. The zero-order valence-corrected chi connectivity index (χ0v) is 26.3. The third-order valence-electron chi connectivity index (χ3n) is 7.78. The number of benzene rings is 3. The Labute approximate surface area is 268 Å². The molecule has 3 aromatic rings. The Balaban J connectivity index is 1.92. The summed E-state index contributed by atoms with van der Waals surface area (Å²) >= 11 is 0. The van der Waals surface area contributed by atoms with Crippen molar-refractivity contribution in [3.8, 4) is 5.75 Å². The second-order valence-corrected chi connectivity index (χ2v) is 12.8. The van der Waals surface area contributed by atoms with E-state index in [9.17, 15) is 37.1 Å². The minimum atomic E-state index is -4.01. The van der Waals surface area contributed by atoms with Crippen molar-refractivity contribution in [2.75, 3.05) is 37.2 Å². The Morgan fingerprint density at radius 2 is 1.74 bits per heavy atom. The molecule has 47 heavy (non-hydrogen) atoms. The summed E-state index contributed by atoms with van der Waals surface area (Å²) < 4.78 is 65.7. The Hall–Kier alpha value is -5.25. The van der Waals surface area contributed by atoms with Crippen LogP contribution in [0.4, 0.5) is 25.0 Å². The van der Waals surface area contributed by atoms with Gasteiger partial charge in [0.05, 0.1) is 42.5 Å². The number of likely N-dealkylation sites (tertiary alicyclic amines) is 1. The van der Waals surface area contributed by atoms with E-state index in [4.69, 9.17) is 10.5 Å². The summed E-state index contributed by atoms with van der Waals surface area (Å²) in [5.74, 6) is -6.62. The Bertz CT molecular complexity index is 1840. The Morgan fingerprint density at radius 3 is 2.36 bits per heavy atom. The zero-order chi connectivity index (χ0) is 34.6. The van der Waals surface area contributed by atoms with Gasteiger partial charge in [-0.15, -0.1) is 0 Å². The number of carbonyl (C=O) groups excluding carboxylic acids is 3. The van der Waals surface area contributed by atoms with Crippen molar-refractivity contribution in [1.82, 2.24) is 4.90 Å². The number of hydrogen-bond donors (Lipinski definition) is 4. The van der Waals surface area contributed by atoms with Gasteiger partial charge in [-0.2, -0.15) is 0 Å². The van der Waals surface area contributed by atoms with Crippen LogP contribution in [-0.4, -0.2) is 68.8 Å². The lowest BCUT2D eigenvalue weighted by atomic mass is 9.92. The summed E-state index contributed by atoms with van der Waals surface area (Å²) in [6.07, 6.45) is -0.984. The molecule has 0 spiro atoms. The van der Waals surface area contributed by atoms with Crippen molar-refractivity contribution < 1.29 is 51.0 Å².